The Kier molecular flexibility index (Phi) is 6.90. The van der Waals surface area contributed by atoms with Crippen LogP contribution in [0.2, 0.25) is 0 Å². The van der Waals surface area contributed by atoms with Gasteiger partial charge in [-0.2, -0.15) is 13.2 Å². The summed E-state index contributed by atoms with van der Waals surface area (Å²) in [5.74, 6) is -2.44. The summed E-state index contributed by atoms with van der Waals surface area (Å²) in [6.07, 6.45) is -3.01. The first kappa shape index (κ1) is 22.0. The second-order valence-electron chi connectivity index (χ2n) is 7.36. The first-order valence-electron chi connectivity index (χ1n) is 9.23. The minimum atomic E-state index is -4.86. The minimum absolute atomic E-state index is 0.00341. The van der Waals surface area contributed by atoms with E-state index in [2.05, 4.69) is 0 Å². The van der Waals surface area contributed by atoms with E-state index in [1.807, 2.05) is 0 Å². The normalized spacial score (nSPS) is 15.4. The zero-order valence-electron chi connectivity index (χ0n) is 16.0. The van der Waals surface area contributed by atoms with Gasteiger partial charge < -0.3 is 9.47 Å². The lowest BCUT2D eigenvalue weighted by Gasteiger charge is -2.21. The number of rotatable bonds is 9. The number of ether oxygens (including phenoxy) is 2. The van der Waals surface area contributed by atoms with Crippen LogP contribution in [-0.4, -0.2) is 24.1 Å². The number of carbonyl (C=O) groups excluding carboxylic acids is 1. The van der Waals surface area contributed by atoms with Gasteiger partial charge >= 0.3 is 17.8 Å². The molecule has 1 saturated carbocycles. The quantitative estimate of drug-likeness (QED) is 0.326. The summed E-state index contributed by atoms with van der Waals surface area (Å²) in [7, 11) is 0. The average molecular weight is 403 g/mol. The minimum Gasteiger partial charge on any atom is -0.486 e. The van der Waals surface area contributed by atoms with Crippen molar-refractivity contribution in [3.8, 4) is 5.75 Å². The molecule has 0 radical (unpaired) electrons. The maximum absolute atomic E-state index is 13.7. The summed E-state index contributed by atoms with van der Waals surface area (Å²) in [6.45, 7) is 5.25. The maximum Gasteiger partial charge on any atom is 0.420 e. The van der Waals surface area contributed by atoms with E-state index >= 15 is 0 Å². The molecule has 1 aliphatic rings. The Morgan fingerprint density at radius 1 is 1.32 bits per heavy atom. The molecular formula is C19H24F3NO5. The molecule has 0 amide bonds. The highest BCUT2D eigenvalue weighted by atomic mass is 19.4. The standard InChI is InChI=1S/C19H24F3NO5/c1-4-27-18(24)14(7-11(2)3)13-8-15(19(20,21)22)17(16(9-13)23(25)26)28-10-12-5-6-12/h8-9,11-12,14H,4-7,10H2,1-3H3. The number of esters is 1. The third-order valence-corrected chi connectivity index (χ3v) is 4.43. The summed E-state index contributed by atoms with van der Waals surface area (Å²) in [5, 5.41) is 11.5. The molecule has 6 nitrogen and oxygen atoms in total. The van der Waals surface area contributed by atoms with Crippen molar-refractivity contribution in [1.29, 1.82) is 0 Å². The highest BCUT2D eigenvalue weighted by Crippen LogP contribution is 2.45. The van der Waals surface area contributed by atoms with Crippen molar-refractivity contribution in [2.75, 3.05) is 13.2 Å². The fourth-order valence-corrected chi connectivity index (χ4v) is 2.90. The topological polar surface area (TPSA) is 78.7 Å². The Labute approximate surface area is 161 Å². The molecular weight excluding hydrogens is 379 g/mol. The first-order valence-corrected chi connectivity index (χ1v) is 9.23. The van der Waals surface area contributed by atoms with E-state index in [1.165, 1.54) is 0 Å². The van der Waals surface area contributed by atoms with Crippen LogP contribution in [0.25, 0.3) is 0 Å². The van der Waals surface area contributed by atoms with E-state index in [0.29, 0.717) is 0 Å². The molecule has 156 valence electrons. The number of nitro benzene ring substituents is 1. The van der Waals surface area contributed by atoms with Gasteiger partial charge in [-0.15, -0.1) is 0 Å². The van der Waals surface area contributed by atoms with Crippen LogP contribution < -0.4 is 4.74 Å². The predicted octanol–water partition coefficient (Wildman–Crippen LogP) is 5.10. The van der Waals surface area contributed by atoms with Gasteiger partial charge in [0.1, 0.15) is 5.56 Å². The summed E-state index contributed by atoms with van der Waals surface area (Å²) in [4.78, 5) is 22.9. The van der Waals surface area contributed by atoms with Gasteiger partial charge in [-0.1, -0.05) is 13.8 Å². The van der Waals surface area contributed by atoms with Gasteiger partial charge in [0.15, 0.2) is 0 Å². The zero-order valence-corrected chi connectivity index (χ0v) is 16.0. The van der Waals surface area contributed by atoms with Crippen LogP contribution >= 0.6 is 0 Å². The SMILES string of the molecule is CCOC(=O)C(CC(C)C)c1cc([N+](=O)[O-])c(OCC2CC2)c(C(F)(F)F)c1. The number of nitrogens with zero attached hydrogens (tertiary/aromatic N) is 1. The Morgan fingerprint density at radius 2 is 1.96 bits per heavy atom. The number of alkyl halides is 3. The van der Waals surface area contributed by atoms with Crippen LogP contribution in [0.5, 0.6) is 5.75 Å². The van der Waals surface area contributed by atoms with E-state index in [-0.39, 0.29) is 37.0 Å². The molecule has 0 saturated heterocycles. The van der Waals surface area contributed by atoms with Crippen molar-refractivity contribution < 1.29 is 32.4 Å². The highest BCUT2D eigenvalue weighted by molar-refractivity contribution is 5.79. The average Bonchev–Trinajstić information content (AvgIpc) is 3.40. The van der Waals surface area contributed by atoms with Crippen molar-refractivity contribution in [1.82, 2.24) is 0 Å². The van der Waals surface area contributed by atoms with Crippen molar-refractivity contribution >= 4 is 11.7 Å². The molecule has 9 heteroatoms. The first-order chi connectivity index (χ1) is 13.0. The number of hydrogen-bond acceptors (Lipinski definition) is 5. The van der Waals surface area contributed by atoms with Gasteiger partial charge in [0.2, 0.25) is 5.75 Å². The molecule has 1 aromatic carbocycles. The third kappa shape index (κ3) is 5.59. The lowest BCUT2D eigenvalue weighted by atomic mass is 9.88. The van der Waals surface area contributed by atoms with Gasteiger partial charge in [0.05, 0.1) is 24.1 Å². The number of benzene rings is 1. The van der Waals surface area contributed by atoms with Crippen LogP contribution in [0.1, 0.15) is 57.1 Å². The molecule has 1 unspecified atom stereocenters. The molecule has 1 atom stereocenters. The molecule has 0 spiro atoms. The molecule has 0 N–H and O–H groups in total. The van der Waals surface area contributed by atoms with Crippen LogP contribution in [-0.2, 0) is 15.7 Å². The molecule has 1 aromatic rings. The summed E-state index contributed by atoms with van der Waals surface area (Å²) < 4.78 is 51.2. The van der Waals surface area contributed by atoms with Gasteiger partial charge in [-0.3, -0.25) is 14.9 Å². The van der Waals surface area contributed by atoms with E-state index in [1.54, 1.807) is 20.8 Å². The predicted molar refractivity (Wildman–Crippen MR) is 95.1 cm³/mol. The van der Waals surface area contributed by atoms with Crippen molar-refractivity contribution in [2.24, 2.45) is 11.8 Å². The third-order valence-electron chi connectivity index (χ3n) is 4.43. The second kappa shape index (κ2) is 8.79. The van der Waals surface area contributed by atoms with Gasteiger partial charge in [0.25, 0.3) is 0 Å². The van der Waals surface area contributed by atoms with E-state index < -0.39 is 40.0 Å². The van der Waals surface area contributed by atoms with Crippen LogP contribution in [0.3, 0.4) is 0 Å². The largest absolute Gasteiger partial charge is 0.486 e. The van der Waals surface area contributed by atoms with Crippen LogP contribution in [0.15, 0.2) is 12.1 Å². The van der Waals surface area contributed by atoms with E-state index in [9.17, 15) is 28.1 Å². The smallest absolute Gasteiger partial charge is 0.420 e. The molecule has 0 aliphatic heterocycles. The summed E-state index contributed by atoms with van der Waals surface area (Å²) in [6, 6.07) is 1.78. The zero-order chi connectivity index (χ0) is 21.1. The second-order valence-corrected chi connectivity index (χ2v) is 7.36. The number of nitro groups is 1. The molecule has 0 aromatic heterocycles. The Morgan fingerprint density at radius 3 is 2.43 bits per heavy atom. The lowest BCUT2D eigenvalue weighted by molar-refractivity contribution is -0.386. The fourth-order valence-electron chi connectivity index (χ4n) is 2.90. The fraction of sp³-hybridized carbons (Fsp3) is 0.632. The summed E-state index contributed by atoms with van der Waals surface area (Å²) in [5.41, 5.74) is -2.12. The lowest BCUT2D eigenvalue weighted by Crippen LogP contribution is -2.20. The van der Waals surface area contributed by atoms with Crippen molar-refractivity contribution in [3.63, 3.8) is 0 Å². The van der Waals surface area contributed by atoms with E-state index in [0.717, 1.165) is 25.0 Å². The van der Waals surface area contributed by atoms with Crippen LogP contribution in [0, 0.1) is 22.0 Å². The molecule has 2 rings (SSSR count). The Hall–Kier alpha value is -2.32. The maximum atomic E-state index is 13.7. The highest BCUT2D eigenvalue weighted by Gasteiger charge is 2.41. The van der Waals surface area contributed by atoms with Crippen molar-refractivity contribution in [3.05, 3.63) is 33.4 Å². The van der Waals surface area contributed by atoms with E-state index in [4.69, 9.17) is 9.47 Å². The molecule has 1 fully saturated rings. The van der Waals surface area contributed by atoms with Crippen LogP contribution in [0.4, 0.5) is 18.9 Å². The van der Waals surface area contributed by atoms with Gasteiger partial charge in [-0.25, -0.2) is 0 Å². The molecule has 0 bridgehead atoms. The molecule has 0 heterocycles. The summed E-state index contributed by atoms with van der Waals surface area (Å²) >= 11 is 0. The molecule has 28 heavy (non-hydrogen) atoms. The van der Waals surface area contributed by atoms with Crippen molar-refractivity contribution in [2.45, 2.75) is 52.1 Å². The Balaban J connectivity index is 2.57. The monoisotopic (exact) mass is 403 g/mol. The molecule has 1 aliphatic carbocycles. The van der Waals surface area contributed by atoms with Gasteiger partial charge in [-0.05, 0) is 49.7 Å². The number of carbonyl (C=O) groups is 1. The Bertz CT molecular complexity index is 729. The number of halogens is 3. The van der Waals surface area contributed by atoms with Gasteiger partial charge in [0, 0.05) is 6.07 Å². The number of hydrogen-bond donors (Lipinski definition) is 0.